The van der Waals surface area contributed by atoms with E-state index in [-0.39, 0.29) is 5.91 Å². The Balaban J connectivity index is 1.84. The number of benzene rings is 1. The summed E-state index contributed by atoms with van der Waals surface area (Å²) in [6, 6.07) is 6.43. The van der Waals surface area contributed by atoms with E-state index in [1.807, 2.05) is 12.1 Å². The van der Waals surface area contributed by atoms with Gasteiger partial charge in [0.2, 0.25) is 5.91 Å². The van der Waals surface area contributed by atoms with Gasteiger partial charge in [-0.1, -0.05) is 56.0 Å². The van der Waals surface area contributed by atoms with E-state index >= 15 is 0 Å². The number of amides is 1. The maximum Gasteiger partial charge on any atom is 0.227 e. The molecule has 5 heteroatoms. The topological polar surface area (TPSA) is 23.6 Å². The van der Waals surface area contributed by atoms with Gasteiger partial charge in [0.05, 0.1) is 16.5 Å². The molecular formula is C24H36Cl2N2O. The number of nitrogens with zero attached hydrogens (tertiary/aromatic N) is 2. The Morgan fingerprint density at radius 2 is 1.83 bits per heavy atom. The third-order valence-corrected chi connectivity index (χ3v) is 7.44. The van der Waals surface area contributed by atoms with Gasteiger partial charge in [-0.2, -0.15) is 0 Å². The van der Waals surface area contributed by atoms with Gasteiger partial charge in [0.15, 0.2) is 0 Å². The van der Waals surface area contributed by atoms with E-state index in [0.29, 0.717) is 34.5 Å². The Morgan fingerprint density at radius 1 is 1.07 bits per heavy atom. The van der Waals surface area contributed by atoms with E-state index in [9.17, 15) is 4.79 Å². The average molecular weight is 439 g/mol. The second kappa shape index (κ2) is 11.0. The Hall–Kier alpha value is -0.770. The molecule has 3 nitrogen and oxygen atoms in total. The summed E-state index contributed by atoms with van der Waals surface area (Å²) in [6.07, 6.45) is 10.2. The minimum atomic E-state index is 0.238. The molecule has 1 saturated carbocycles. The van der Waals surface area contributed by atoms with Gasteiger partial charge >= 0.3 is 0 Å². The molecule has 1 heterocycles. The lowest BCUT2D eigenvalue weighted by Crippen LogP contribution is -2.58. The monoisotopic (exact) mass is 438 g/mol. The van der Waals surface area contributed by atoms with E-state index < -0.39 is 0 Å². The SMILES string of the molecule is CCCC1CCCC(N2CCCC2)C1N(CCC)C(=O)Cc1ccc(Cl)c(Cl)c1. The van der Waals surface area contributed by atoms with Gasteiger partial charge in [0.25, 0.3) is 0 Å². The summed E-state index contributed by atoms with van der Waals surface area (Å²) in [5.74, 6) is 0.853. The molecule has 3 rings (SSSR count). The summed E-state index contributed by atoms with van der Waals surface area (Å²) in [4.78, 5) is 18.5. The molecule has 1 aromatic carbocycles. The Bertz CT molecular complexity index is 673. The van der Waals surface area contributed by atoms with E-state index in [0.717, 1.165) is 18.5 Å². The van der Waals surface area contributed by atoms with Crippen molar-refractivity contribution in [2.24, 2.45) is 5.92 Å². The highest BCUT2D eigenvalue weighted by molar-refractivity contribution is 6.42. The largest absolute Gasteiger partial charge is 0.338 e. The van der Waals surface area contributed by atoms with Crippen molar-refractivity contribution < 1.29 is 4.79 Å². The molecule has 162 valence electrons. The highest BCUT2D eigenvalue weighted by Gasteiger charge is 2.41. The van der Waals surface area contributed by atoms with Gasteiger partial charge in [0.1, 0.15) is 0 Å². The molecule has 2 aliphatic rings. The molecule has 29 heavy (non-hydrogen) atoms. The molecule has 0 radical (unpaired) electrons. The maximum absolute atomic E-state index is 13.5. The average Bonchev–Trinajstić information content (AvgIpc) is 3.24. The lowest BCUT2D eigenvalue weighted by atomic mass is 9.77. The first-order valence-electron chi connectivity index (χ1n) is 11.5. The minimum Gasteiger partial charge on any atom is -0.338 e. The summed E-state index contributed by atoms with van der Waals surface area (Å²) in [7, 11) is 0. The van der Waals surface area contributed by atoms with Crippen molar-refractivity contribution >= 4 is 29.1 Å². The quantitative estimate of drug-likeness (QED) is 0.481. The fourth-order valence-corrected chi connectivity index (χ4v) is 5.79. The van der Waals surface area contributed by atoms with Gasteiger partial charge in [0, 0.05) is 18.6 Å². The number of likely N-dealkylation sites (tertiary alicyclic amines) is 1. The highest BCUT2D eigenvalue weighted by Crippen LogP contribution is 2.36. The van der Waals surface area contributed by atoms with Crippen LogP contribution in [0.5, 0.6) is 0 Å². The van der Waals surface area contributed by atoms with Crippen molar-refractivity contribution in [3.63, 3.8) is 0 Å². The number of hydrogen-bond donors (Lipinski definition) is 0. The fraction of sp³-hybridized carbons (Fsp3) is 0.708. The van der Waals surface area contributed by atoms with Crippen molar-refractivity contribution in [3.8, 4) is 0 Å². The van der Waals surface area contributed by atoms with Gasteiger partial charge < -0.3 is 4.90 Å². The van der Waals surface area contributed by atoms with Crippen molar-refractivity contribution in [1.82, 2.24) is 9.80 Å². The van der Waals surface area contributed by atoms with Crippen molar-refractivity contribution in [2.45, 2.75) is 83.7 Å². The minimum absolute atomic E-state index is 0.238. The molecule has 2 fully saturated rings. The van der Waals surface area contributed by atoms with Crippen LogP contribution in [0.2, 0.25) is 10.0 Å². The fourth-order valence-electron chi connectivity index (χ4n) is 5.47. The summed E-state index contributed by atoms with van der Waals surface area (Å²) < 4.78 is 0. The molecule has 0 N–H and O–H groups in total. The second-order valence-corrected chi connectivity index (χ2v) is 9.61. The molecular weight excluding hydrogens is 403 g/mol. The zero-order valence-electron chi connectivity index (χ0n) is 18.0. The van der Waals surface area contributed by atoms with Crippen LogP contribution >= 0.6 is 23.2 Å². The van der Waals surface area contributed by atoms with E-state index in [4.69, 9.17) is 23.2 Å². The number of hydrogen-bond acceptors (Lipinski definition) is 2. The van der Waals surface area contributed by atoms with E-state index in [1.165, 1.54) is 58.0 Å². The van der Waals surface area contributed by atoms with Crippen molar-refractivity contribution in [3.05, 3.63) is 33.8 Å². The predicted molar refractivity (Wildman–Crippen MR) is 123 cm³/mol. The van der Waals surface area contributed by atoms with E-state index in [1.54, 1.807) is 6.07 Å². The molecule has 1 amide bonds. The molecule has 1 aliphatic carbocycles. The van der Waals surface area contributed by atoms with Crippen molar-refractivity contribution in [2.75, 3.05) is 19.6 Å². The molecule has 3 unspecified atom stereocenters. The molecule has 1 aromatic rings. The van der Waals surface area contributed by atoms with Gasteiger partial charge in [-0.25, -0.2) is 0 Å². The van der Waals surface area contributed by atoms with Crippen molar-refractivity contribution in [1.29, 1.82) is 0 Å². The van der Waals surface area contributed by atoms with Crippen LogP contribution in [0.25, 0.3) is 0 Å². The first kappa shape index (κ1) is 22.9. The number of carbonyl (C=O) groups excluding carboxylic acids is 1. The highest BCUT2D eigenvalue weighted by atomic mass is 35.5. The lowest BCUT2D eigenvalue weighted by Gasteiger charge is -2.48. The van der Waals surface area contributed by atoms with Crippen LogP contribution < -0.4 is 0 Å². The van der Waals surface area contributed by atoms with Crippen LogP contribution in [0.15, 0.2) is 18.2 Å². The predicted octanol–water partition coefficient (Wildman–Crippen LogP) is 6.21. The third kappa shape index (κ3) is 5.68. The van der Waals surface area contributed by atoms with Crippen LogP contribution in [-0.2, 0) is 11.2 Å². The zero-order valence-corrected chi connectivity index (χ0v) is 19.5. The maximum atomic E-state index is 13.5. The second-order valence-electron chi connectivity index (χ2n) is 8.79. The normalized spacial score (nSPS) is 25.3. The summed E-state index contributed by atoms with van der Waals surface area (Å²) in [5.41, 5.74) is 0.950. The summed E-state index contributed by atoms with van der Waals surface area (Å²) >= 11 is 12.3. The van der Waals surface area contributed by atoms with Crippen LogP contribution in [0.1, 0.15) is 70.8 Å². The summed E-state index contributed by atoms with van der Waals surface area (Å²) in [5, 5.41) is 1.06. The molecule has 1 aliphatic heterocycles. The van der Waals surface area contributed by atoms with Crippen LogP contribution in [0.4, 0.5) is 0 Å². The van der Waals surface area contributed by atoms with Crippen LogP contribution in [0.3, 0.4) is 0 Å². The van der Waals surface area contributed by atoms with Crippen LogP contribution in [0, 0.1) is 5.92 Å². The molecule has 0 bridgehead atoms. The Morgan fingerprint density at radius 3 is 2.48 bits per heavy atom. The lowest BCUT2D eigenvalue weighted by molar-refractivity contribution is -0.137. The summed E-state index contributed by atoms with van der Waals surface area (Å²) in [6.45, 7) is 7.69. The Kier molecular flexibility index (Phi) is 8.70. The smallest absolute Gasteiger partial charge is 0.227 e. The van der Waals surface area contributed by atoms with Gasteiger partial charge in [-0.15, -0.1) is 0 Å². The standard InChI is InChI=1S/C24H36Cl2N2O/c1-3-8-19-9-7-10-22(27-14-5-6-15-27)24(19)28(13-4-2)23(29)17-18-11-12-20(25)21(26)16-18/h11-12,16,19,22,24H,3-10,13-15,17H2,1-2H3. The molecule has 3 atom stereocenters. The number of carbonyl (C=O) groups is 1. The van der Waals surface area contributed by atoms with E-state index in [2.05, 4.69) is 23.6 Å². The third-order valence-electron chi connectivity index (χ3n) is 6.71. The first-order chi connectivity index (χ1) is 14.0. The Labute approximate surface area is 186 Å². The zero-order chi connectivity index (χ0) is 20.8. The molecule has 0 spiro atoms. The van der Waals surface area contributed by atoms with Crippen LogP contribution in [-0.4, -0.2) is 47.4 Å². The molecule has 0 aromatic heterocycles. The first-order valence-corrected chi connectivity index (χ1v) is 12.3. The number of halogens is 2. The number of rotatable bonds is 8. The van der Waals surface area contributed by atoms with Gasteiger partial charge in [-0.3, -0.25) is 9.69 Å². The van der Waals surface area contributed by atoms with Gasteiger partial charge in [-0.05, 0) is 75.2 Å². The molecule has 1 saturated heterocycles.